The molecule has 0 bridgehead atoms. The molecule has 0 aliphatic rings. The summed E-state index contributed by atoms with van der Waals surface area (Å²) in [5.74, 6) is -0.333. The van der Waals surface area contributed by atoms with Crippen LogP contribution in [0.15, 0.2) is 65.6 Å². The number of benzene rings is 3. The number of sulfonamides is 1. The number of rotatable bonds is 14. The van der Waals surface area contributed by atoms with Crippen molar-refractivity contribution in [2.45, 2.75) is 64.1 Å². The van der Waals surface area contributed by atoms with Crippen molar-refractivity contribution in [3.63, 3.8) is 0 Å². The zero-order chi connectivity index (χ0) is 32.6. The predicted octanol–water partition coefficient (Wildman–Crippen LogP) is 6.24. The van der Waals surface area contributed by atoms with Gasteiger partial charge in [-0.25, -0.2) is 8.42 Å². The van der Waals surface area contributed by atoms with Crippen LogP contribution in [-0.2, 0) is 26.2 Å². The van der Waals surface area contributed by atoms with Crippen LogP contribution in [0.5, 0.6) is 11.5 Å². The Morgan fingerprint density at radius 3 is 2.11 bits per heavy atom. The molecule has 2 unspecified atom stereocenters. The second kappa shape index (κ2) is 15.5. The molecule has 0 aliphatic carbocycles. The van der Waals surface area contributed by atoms with E-state index in [0.717, 1.165) is 9.87 Å². The number of anilines is 1. The lowest BCUT2D eigenvalue weighted by molar-refractivity contribution is -0.140. The first-order chi connectivity index (χ1) is 20.9. The van der Waals surface area contributed by atoms with Crippen molar-refractivity contribution in [3.05, 3.63) is 81.8 Å². The highest BCUT2D eigenvalue weighted by atomic mass is 35.5. The summed E-state index contributed by atoms with van der Waals surface area (Å²) in [6.07, 6.45) is 0.996. The van der Waals surface area contributed by atoms with Gasteiger partial charge in [-0.3, -0.25) is 13.9 Å². The Morgan fingerprint density at radius 1 is 0.886 bits per heavy atom. The fraction of sp³-hybridized carbons (Fsp3) is 0.375. The molecular formula is C32H39Cl2N3O6S. The van der Waals surface area contributed by atoms with E-state index in [1.54, 1.807) is 49.4 Å². The van der Waals surface area contributed by atoms with Crippen molar-refractivity contribution >= 4 is 50.7 Å². The van der Waals surface area contributed by atoms with Crippen molar-refractivity contribution in [2.24, 2.45) is 0 Å². The highest BCUT2D eigenvalue weighted by molar-refractivity contribution is 7.92. The van der Waals surface area contributed by atoms with Gasteiger partial charge < -0.3 is 19.7 Å². The molecule has 44 heavy (non-hydrogen) atoms. The highest BCUT2D eigenvalue weighted by Gasteiger charge is 2.34. The first kappa shape index (κ1) is 35.0. The molecule has 0 heterocycles. The summed E-state index contributed by atoms with van der Waals surface area (Å²) in [6.45, 7) is 6.93. The first-order valence-corrected chi connectivity index (χ1v) is 16.4. The van der Waals surface area contributed by atoms with Crippen molar-refractivity contribution < 1.29 is 27.5 Å². The Balaban J connectivity index is 2.11. The van der Waals surface area contributed by atoms with Crippen molar-refractivity contribution in [1.82, 2.24) is 10.2 Å². The van der Waals surface area contributed by atoms with E-state index in [-0.39, 0.29) is 34.8 Å². The van der Waals surface area contributed by atoms with E-state index in [1.807, 2.05) is 20.8 Å². The van der Waals surface area contributed by atoms with Crippen LogP contribution >= 0.6 is 23.2 Å². The molecule has 0 aliphatic heterocycles. The third-order valence-corrected chi connectivity index (χ3v) is 9.78. The lowest BCUT2D eigenvalue weighted by atomic mass is 10.1. The van der Waals surface area contributed by atoms with Gasteiger partial charge in [0.1, 0.15) is 12.6 Å². The maximum Gasteiger partial charge on any atom is 0.264 e. The third-order valence-electron chi connectivity index (χ3n) is 7.27. The van der Waals surface area contributed by atoms with Gasteiger partial charge in [0.2, 0.25) is 11.8 Å². The second-order valence-corrected chi connectivity index (χ2v) is 13.1. The number of aryl methyl sites for hydroxylation is 1. The molecule has 3 aromatic carbocycles. The number of methoxy groups -OCH3 is 2. The van der Waals surface area contributed by atoms with Crippen molar-refractivity contribution in [1.29, 1.82) is 0 Å². The highest BCUT2D eigenvalue weighted by Crippen LogP contribution is 2.33. The van der Waals surface area contributed by atoms with Crippen LogP contribution in [0.3, 0.4) is 0 Å². The average molecular weight is 665 g/mol. The molecule has 0 spiro atoms. The summed E-state index contributed by atoms with van der Waals surface area (Å²) < 4.78 is 40.0. The Hall–Kier alpha value is -3.47. The van der Waals surface area contributed by atoms with Crippen LogP contribution in [-0.4, -0.2) is 58.0 Å². The van der Waals surface area contributed by atoms with Crippen LogP contribution in [0.2, 0.25) is 10.0 Å². The van der Waals surface area contributed by atoms with E-state index in [0.29, 0.717) is 34.2 Å². The molecule has 238 valence electrons. The van der Waals surface area contributed by atoms with Gasteiger partial charge in [-0.2, -0.15) is 0 Å². The Labute approximate surface area is 270 Å². The number of halogens is 2. The number of ether oxygens (including phenoxy) is 2. The molecule has 0 saturated heterocycles. The second-order valence-electron chi connectivity index (χ2n) is 10.4. The third kappa shape index (κ3) is 8.37. The van der Waals surface area contributed by atoms with Gasteiger partial charge >= 0.3 is 0 Å². The molecule has 0 saturated carbocycles. The van der Waals surface area contributed by atoms with E-state index in [4.69, 9.17) is 32.7 Å². The maximum absolute atomic E-state index is 14.2. The minimum Gasteiger partial charge on any atom is -0.493 e. The maximum atomic E-state index is 14.2. The number of hydrogen-bond acceptors (Lipinski definition) is 6. The molecule has 3 rings (SSSR count). The molecule has 0 aromatic heterocycles. The quantitative estimate of drug-likeness (QED) is 0.219. The molecule has 1 N–H and O–H groups in total. The Morgan fingerprint density at radius 2 is 1.55 bits per heavy atom. The van der Waals surface area contributed by atoms with E-state index in [1.165, 1.54) is 37.3 Å². The molecule has 0 radical (unpaired) electrons. The van der Waals surface area contributed by atoms with Crippen molar-refractivity contribution in [2.75, 3.05) is 25.1 Å². The number of nitrogens with zero attached hydrogens (tertiary/aromatic N) is 2. The summed E-state index contributed by atoms with van der Waals surface area (Å²) in [4.78, 5) is 29.0. The predicted molar refractivity (Wildman–Crippen MR) is 174 cm³/mol. The molecule has 3 aromatic rings. The molecule has 12 heteroatoms. The van der Waals surface area contributed by atoms with Crippen LogP contribution in [0.25, 0.3) is 0 Å². The largest absolute Gasteiger partial charge is 0.493 e. The van der Waals surface area contributed by atoms with Crippen LogP contribution in [0.1, 0.15) is 44.7 Å². The minimum atomic E-state index is -4.30. The lowest BCUT2D eigenvalue weighted by Gasteiger charge is -2.34. The van der Waals surface area contributed by atoms with E-state index < -0.39 is 28.5 Å². The van der Waals surface area contributed by atoms with Gasteiger partial charge in [0.05, 0.1) is 34.8 Å². The van der Waals surface area contributed by atoms with Gasteiger partial charge in [-0.1, -0.05) is 60.8 Å². The van der Waals surface area contributed by atoms with Crippen LogP contribution < -0.4 is 19.1 Å². The van der Waals surface area contributed by atoms with Gasteiger partial charge in [-0.15, -0.1) is 0 Å². The molecule has 0 fully saturated rings. The summed E-state index contributed by atoms with van der Waals surface area (Å²) in [5.41, 5.74) is 1.83. The zero-order valence-electron chi connectivity index (χ0n) is 25.8. The number of amides is 2. The molecular weight excluding hydrogens is 625 g/mol. The van der Waals surface area contributed by atoms with E-state index >= 15 is 0 Å². The van der Waals surface area contributed by atoms with E-state index in [2.05, 4.69) is 5.32 Å². The van der Waals surface area contributed by atoms with Gasteiger partial charge in [0, 0.05) is 18.7 Å². The number of hydrogen-bond donors (Lipinski definition) is 1. The fourth-order valence-electron chi connectivity index (χ4n) is 4.54. The summed E-state index contributed by atoms with van der Waals surface area (Å²) in [6, 6.07) is 15.0. The number of carbonyl (C=O) groups excluding carboxylic acids is 2. The molecule has 2 atom stereocenters. The fourth-order valence-corrected chi connectivity index (χ4v) is 6.29. The summed E-state index contributed by atoms with van der Waals surface area (Å²) in [7, 11) is -1.44. The summed E-state index contributed by atoms with van der Waals surface area (Å²) in [5, 5.41) is 3.60. The van der Waals surface area contributed by atoms with Crippen LogP contribution in [0.4, 0.5) is 5.69 Å². The van der Waals surface area contributed by atoms with E-state index in [9.17, 15) is 18.0 Å². The Kier molecular flexibility index (Phi) is 12.3. The van der Waals surface area contributed by atoms with Crippen LogP contribution in [0, 0.1) is 6.92 Å². The Bertz CT molecular complexity index is 1570. The number of nitrogens with one attached hydrogen (secondary N) is 1. The minimum absolute atomic E-state index is 0.000297. The SMILES string of the molecule is CCC(C)NC(=O)C(CC)N(Cc1ccc(Cl)c(Cl)c1)C(=O)CN(c1ccc(C)cc1)S(=O)(=O)c1ccc(OC)c(OC)c1. The first-order valence-electron chi connectivity index (χ1n) is 14.2. The van der Waals surface area contributed by atoms with Crippen molar-refractivity contribution in [3.8, 4) is 11.5 Å². The lowest BCUT2D eigenvalue weighted by Crippen LogP contribution is -2.53. The molecule has 9 nitrogen and oxygen atoms in total. The number of carbonyl (C=O) groups is 2. The normalized spacial score (nSPS) is 12.6. The average Bonchev–Trinajstić information content (AvgIpc) is 3.01. The van der Waals surface area contributed by atoms with Gasteiger partial charge in [0.15, 0.2) is 11.5 Å². The smallest absolute Gasteiger partial charge is 0.264 e. The van der Waals surface area contributed by atoms with Gasteiger partial charge in [0.25, 0.3) is 10.0 Å². The standard InChI is InChI=1S/C32H39Cl2N3O6S/c1-7-22(4)35-32(39)28(8-2)36(19-23-11-15-26(33)27(34)17-23)31(38)20-37(24-12-9-21(3)10-13-24)44(40,41)25-14-16-29(42-5)30(18-25)43-6/h9-18,22,28H,7-8,19-20H2,1-6H3,(H,35,39). The van der Waals surface area contributed by atoms with Gasteiger partial charge in [-0.05, 0) is 68.7 Å². The zero-order valence-corrected chi connectivity index (χ0v) is 28.1. The summed E-state index contributed by atoms with van der Waals surface area (Å²) >= 11 is 12.4. The topological polar surface area (TPSA) is 105 Å². The molecule has 2 amide bonds. The monoisotopic (exact) mass is 663 g/mol.